The molecule has 0 saturated heterocycles. The molecule has 15 heteroatoms. The molecule has 0 heterocycles. The van der Waals surface area contributed by atoms with Gasteiger partial charge in [0.15, 0.2) is 0 Å². The Balaban J connectivity index is 2.52. The Kier molecular flexibility index (Phi) is 19.0. The van der Waals surface area contributed by atoms with E-state index in [4.69, 9.17) is 18.5 Å². The van der Waals surface area contributed by atoms with E-state index in [-0.39, 0.29) is 71.6 Å². The smallest absolute Gasteiger partial charge is 0.344 e. The number of aliphatic carboxylic acids is 2. The highest BCUT2D eigenvalue weighted by molar-refractivity contribution is 7.53. The normalized spacial score (nSPS) is 13.5. The number of rotatable bonds is 24. The lowest BCUT2D eigenvalue weighted by Gasteiger charge is -2.35. The lowest BCUT2D eigenvalue weighted by Crippen LogP contribution is -2.51. The van der Waals surface area contributed by atoms with E-state index in [1.54, 1.807) is 84.6 Å². The van der Waals surface area contributed by atoms with E-state index in [2.05, 4.69) is 0 Å². The van der Waals surface area contributed by atoms with Gasteiger partial charge >= 0.3 is 31.5 Å². The molecule has 0 spiro atoms. The van der Waals surface area contributed by atoms with E-state index in [0.717, 1.165) is 11.1 Å². The molecule has 0 bridgehead atoms. The van der Waals surface area contributed by atoms with Crippen LogP contribution < -0.4 is 0 Å². The predicted octanol–water partition coefficient (Wildman–Crippen LogP) is 5.19. The summed E-state index contributed by atoms with van der Waals surface area (Å²) in [7, 11) is -3.73. The number of nitrogens with zero attached hydrogens (tertiary/aromatic N) is 3. The number of carboxylic acids is 2. The van der Waals surface area contributed by atoms with E-state index in [0.29, 0.717) is 0 Å². The molecule has 0 amide bonds. The summed E-state index contributed by atoms with van der Waals surface area (Å²) in [5, 5.41) is 20.8. The van der Waals surface area contributed by atoms with Crippen LogP contribution in [0.2, 0.25) is 0 Å². The van der Waals surface area contributed by atoms with Gasteiger partial charge in [-0.3, -0.25) is 38.4 Å². The Hall–Kier alpha value is -3.65. The first-order chi connectivity index (χ1) is 25.2. The van der Waals surface area contributed by atoms with Gasteiger partial charge in [0.1, 0.15) is 29.6 Å². The first-order valence-corrected chi connectivity index (χ1v) is 20.0. The number of benzene rings is 2. The van der Waals surface area contributed by atoms with Gasteiger partial charge in [0.05, 0.1) is 26.3 Å². The molecule has 0 aliphatic carbocycles. The van der Waals surface area contributed by atoms with E-state index < -0.39 is 54.8 Å². The summed E-state index contributed by atoms with van der Waals surface area (Å²) in [6.45, 7) is 13.4. The van der Waals surface area contributed by atoms with Crippen LogP contribution in [0, 0.1) is 0 Å². The molecule has 0 unspecified atom stereocenters. The summed E-state index contributed by atoms with van der Waals surface area (Å²) in [6, 6.07) is 15.8. The lowest BCUT2D eigenvalue weighted by atomic mass is 10.0. The first-order valence-electron chi connectivity index (χ1n) is 18.3. The van der Waals surface area contributed by atoms with E-state index >= 15 is 0 Å². The van der Waals surface area contributed by atoms with Gasteiger partial charge in [0, 0.05) is 26.2 Å². The van der Waals surface area contributed by atoms with Crippen LogP contribution in [0.5, 0.6) is 0 Å². The quantitative estimate of drug-likeness (QED) is 0.105. The van der Waals surface area contributed by atoms with Crippen molar-refractivity contribution in [3.63, 3.8) is 0 Å². The van der Waals surface area contributed by atoms with Gasteiger partial charge in [-0.05, 0) is 79.4 Å². The maximum absolute atomic E-state index is 13.9. The minimum atomic E-state index is -3.73. The Bertz CT molecular complexity index is 1410. The summed E-state index contributed by atoms with van der Waals surface area (Å²) in [4.78, 5) is 56.5. The molecule has 0 aliphatic rings. The molecule has 0 aromatic heterocycles. The number of esters is 2. The van der Waals surface area contributed by atoms with Crippen LogP contribution >= 0.6 is 7.60 Å². The van der Waals surface area contributed by atoms with Crippen LogP contribution in [0.15, 0.2) is 60.7 Å². The Labute approximate surface area is 320 Å². The van der Waals surface area contributed by atoms with Crippen LogP contribution in [0.1, 0.15) is 66.5 Å². The molecular weight excluding hydrogens is 717 g/mol. The zero-order valence-corrected chi connectivity index (χ0v) is 34.0. The zero-order chi connectivity index (χ0) is 40.5. The number of ether oxygens (including phenoxy) is 2. The van der Waals surface area contributed by atoms with E-state index in [9.17, 15) is 34.0 Å². The fourth-order valence-corrected chi connectivity index (χ4v) is 7.54. The highest BCUT2D eigenvalue weighted by atomic mass is 31.2. The molecular formula is C39H60N3O11P. The van der Waals surface area contributed by atoms with E-state index in [1.165, 1.54) is 9.80 Å². The lowest BCUT2D eigenvalue weighted by molar-refractivity contribution is -0.159. The Morgan fingerprint density at radius 3 is 1.28 bits per heavy atom. The van der Waals surface area contributed by atoms with Gasteiger partial charge in [0.25, 0.3) is 0 Å². The summed E-state index contributed by atoms with van der Waals surface area (Å²) >= 11 is 0. The first kappa shape index (κ1) is 46.5. The largest absolute Gasteiger partial charge is 0.480 e. The maximum Gasteiger partial charge on any atom is 0.344 e. The molecule has 0 fully saturated rings. The third kappa shape index (κ3) is 18.1. The third-order valence-corrected chi connectivity index (χ3v) is 9.98. The minimum absolute atomic E-state index is 0.0136. The summed E-state index contributed by atoms with van der Waals surface area (Å²) in [5.74, 6) is -3.51. The van der Waals surface area contributed by atoms with Crippen molar-refractivity contribution in [3.8, 4) is 0 Å². The highest BCUT2D eigenvalue weighted by Crippen LogP contribution is 2.48. The van der Waals surface area contributed by atoms with Crippen LogP contribution in [0.4, 0.5) is 0 Å². The number of carboxylic acid groups (broad SMARTS) is 2. The van der Waals surface area contributed by atoms with Crippen LogP contribution in [-0.4, -0.2) is 131 Å². The summed E-state index contributed by atoms with van der Waals surface area (Å²) in [6.07, 6.45) is -0.0281. The number of hydrogen-bond acceptors (Lipinski definition) is 12. The second kappa shape index (κ2) is 22.0. The molecule has 0 radical (unpaired) electrons. The van der Waals surface area contributed by atoms with Crippen LogP contribution in [0.25, 0.3) is 0 Å². The van der Waals surface area contributed by atoms with Crippen molar-refractivity contribution in [2.75, 3.05) is 58.8 Å². The third-order valence-electron chi connectivity index (χ3n) is 7.93. The van der Waals surface area contributed by atoms with Gasteiger partial charge in [-0.2, -0.15) is 0 Å². The van der Waals surface area contributed by atoms with Crippen molar-refractivity contribution < 1.29 is 52.5 Å². The standard InChI is InChI=1S/C39H60N3O11P/c1-9-50-54(49,51-10-2)29-40(21-23-41(27-34(43)52-38(3,4)5)32(36(45)46)25-30-17-13-11-14-18-30)22-24-42(28-35(44)53-39(6,7)8)33(37(47)48)26-31-19-15-12-16-20-31/h11-20,32-33H,9-10,21-29H2,1-8H3,(H,45,46)(H,47,48)/t32-,33-/m0/s1. The average molecular weight is 778 g/mol. The molecule has 2 N–H and O–H groups in total. The van der Waals surface area contributed by atoms with Gasteiger partial charge < -0.3 is 28.7 Å². The average Bonchev–Trinajstić information content (AvgIpc) is 3.05. The molecule has 0 aliphatic heterocycles. The number of carbonyl (C=O) groups excluding carboxylic acids is 2. The van der Waals surface area contributed by atoms with Crippen molar-refractivity contribution in [1.82, 2.24) is 14.7 Å². The van der Waals surface area contributed by atoms with Crippen LogP contribution in [-0.2, 0) is 55.1 Å². The van der Waals surface area contributed by atoms with Gasteiger partial charge in [0.2, 0.25) is 0 Å². The molecule has 2 aromatic rings. The van der Waals surface area contributed by atoms with Gasteiger partial charge in [-0.15, -0.1) is 0 Å². The molecule has 14 nitrogen and oxygen atoms in total. The monoisotopic (exact) mass is 777 g/mol. The number of hydrogen-bond donors (Lipinski definition) is 2. The molecule has 0 saturated carbocycles. The van der Waals surface area contributed by atoms with Crippen molar-refractivity contribution >= 4 is 31.5 Å². The highest BCUT2D eigenvalue weighted by Gasteiger charge is 2.34. The van der Waals surface area contributed by atoms with Gasteiger partial charge in [-0.1, -0.05) is 60.7 Å². The zero-order valence-electron chi connectivity index (χ0n) is 33.1. The summed E-state index contributed by atoms with van der Waals surface area (Å²) < 4.78 is 36.3. The second-order valence-electron chi connectivity index (χ2n) is 14.9. The molecule has 2 atom stereocenters. The Morgan fingerprint density at radius 2 is 0.981 bits per heavy atom. The SMILES string of the molecule is CCOP(=O)(CN(CCN(CC(=O)OC(C)(C)C)[C@@H](Cc1ccccc1)C(=O)O)CCN(CC(=O)OC(C)(C)C)[C@@H](Cc1ccccc1)C(=O)O)OCC. The Morgan fingerprint density at radius 1 is 0.630 bits per heavy atom. The topological polar surface area (TPSA) is 172 Å². The van der Waals surface area contributed by atoms with Crippen molar-refractivity contribution in [3.05, 3.63) is 71.8 Å². The second-order valence-corrected chi connectivity index (χ2v) is 16.9. The number of carbonyl (C=O) groups is 4. The van der Waals surface area contributed by atoms with E-state index in [1.807, 2.05) is 36.4 Å². The predicted molar refractivity (Wildman–Crippen MR) is 205 cm³/mol. The molecule has 2 rings (SSSR count). The van der Waals surface area contributed by atoms with Gasteiger partial charge in [-0.25, -0.2) is 0 Å². The fraction of sp³-hybridized carbons (Fsp3) is 0.590. The minimum Gasteiger partial charge on any atom is -0.480 e. The molecule has 2 aromatic carbocycles. The molecule has 302 valence electrons. The van der Waals surface area contributed by atoms with Crippen LogP contribution in [0.3, 0.4) is 0 Å². The molecule has 54 heavy (non-hydrogen) atoms. The fourth-order valence-electron chi connectivity index (χ4n) is 5.74. The van der Waals surface area contributed by atoms with Crippen molar-refractivity contribution in [1.29, 1.82) is 0 Å². The van der Waals surface area contributed by atoms with Crippen molar-refractivity contribution in [2.24, 2.45) is 0 Å². The summed E-state index contributed by atoms with van der Waals surface area (Å²) in [5.41, 5.74) is -0.118. The van der Waals surface area contributed by atoms with Crippen molar-refractivity contribution in [2.45, 2.75) is 91.5 Å². The maximum atomic E-state index is 13.9.